The fourth-order valence-corrected chi connectivity index (χ4v) is 3.25. The number of anilines is 1. The third-order valence-corrected chi connectivity index (χ3v) is 4.58. The van der Waals surface area contributed by atoms with Crippen LogP contribution < -0.4 is 10.5 Å². The molecule has 5 heteroatoms. The van der Waals surface area contributed by atoms with Crippen molar-refractivity contribution in [2.24, 2.45) is 17.8 Å². The van der Waals surface area contributed by atoms with Crippen LogP contribution in [-0.2, 0) is 6.18 Å². The molecule has 1 saturated carbocycles. The van der Waals surface area contributed by atoms with Crippen molar-refractivity contribution in [1.29, 1.82) is 0 Å². The monoisotopic (exact) mass is 315 g/mol. The number of ether oxygens (including phenoxy) is 1. The highest BCUT2D eigenvalue weighted by Crippen LogP contribution is 2.38. The molecule has 2 N–H and O–H groups in total. The molecule has 1 aromatic rings. The first-order chi connectivity index (χ1) is 10.2. The lowest BCUT2D eigenvalue weighted by Crippen LogP contribution is -2.36. The first kappa shape index (κ1) is 17.0. The number of nitrogen functional groups attached to an aromatic ring is 1. The Morgan fingerprint density at radius 3 is 2.45 bits per heavy atom. The summed E-state index contributed by atoms with van der Waals surface area (Å²) in [5.41, 5.74) is 5.08. The van der Waals surface area contributed by atoms with Crippen LogP contribution >= 0.6 is 0 Å². The van der Waals surface area contributed by atoms with Gasteiger partial charge in [0.1, 0.15) is 11.9 Å². The molecule has 0 bridgehead atoms. The largest absolute Gasteiger partial charge is 0.488 e. The molecule has 2 rings (SSSR count). The van der Waals surface area contributed by atoms with Crippen molar-refractivity contribution < 1.29 is 17.9 Å². The predicted molar refractivity (Wildman–Crippen MR) is 81.6 cm³/mol. The van der Waals surface area contributed by atoms with Gasteiger partial charge in [-0.1, -0.05) is 27.2 Å². The standard InChI is InChI=1S/C17H24F3NO/c1-10(2)13-6-4-11(3)8-16(13)22-15-7-5-12(9-14(15)21)17(18,19)20/h5,7,9-11,13,16H,4,6,8,21H2,1-3H3/t11-,13+,16-/m0/s1. The highest BCUT2D eigenvalue weighted by atomic mass is 19.4. The molecule has 0 spiro atoms. The van der Waals surface area contributed by atoms with Crippen LogP contribution in [0.2, 0.25) is 0 Å². The van der Waals surface area contributed by atoms with E-state index in [1.54, 1.807) is 0 Å². The maximum Gasteiger partial charge on any atom is 0.416 e. The lowest BCUT2D eigenvalue weighted by molar-refractivity contribution is -0.137. The summed E-state index contributed by atoms with van der Waals surface area (Å²) in [6, 6.07) is 3.32. The second-order valence-corrected chi connectivity index (χ2v) is 6.73. The fraction of sp³-hybridized carbons (Fsp3) is 0.647. The number of rotatable bonds is 3. The van der Waals surface area contributed by atoms with Crippen molar-refractivity contribution in [3.63, 3.8) is 0 Å². The van der Waals surface area contributed by atoms with Crippen molar-refractivity contribution in [3.05, 3.63) is 23.8 Å². The summed E-state index contributed by atoms with van der Waals surface area (Å²) in [5.74, 6) is 1.82. The summed E-state index contributed by atoms with van der Waals surface area (Å²) in [6.45, 7) is 6.50. The maximum absolute atomic E-state index is 12.7. The zero-order valence-electron chi connectivity index (χ0n) is 13.3. The Kier molecular flexibility index (Phi) is 4.93. The minimum absolute atomic E-state index is 0.0165. The Bertz CT molecular complexity index is 513. The van der Waals surface area contributed by atoms with Crippen LogP contribution in [0.4, 0.5) is 18.9 Å². The molecule has 1 aliphatic rings. The topological polar surface area (TPSA) is 35.2 Å². The Morgan fingerprint density at radius 2 is 1.91 bits per heavy atom. The number of alkyl halides is 3. The molecule has 0 unspecified atom stereocenters. The van der Waals surface area contributed by atoms with Crippen LogP contribution in [-0.4, -0.2) is 6.10 Å². The highest BCUT2D eigenvalue weighted by molar-refractivity contribution is 5.54. The van der Waals surface area contributed by atoms with E-state index in [1.807, 2.05) is 0 Å². The van der Waals surface area contributed by atoms with Gasteiger partial charge in [0.25, 0.3) is 0 Å². The number of hydrogen-bond acceptors (Lipinski definition) is 2. The minimum Gasteiger partial charge on any atom is -0.488 e. The summed E-state index contributed by atoms with van der Waals surface area (Å²) in [6.07, 6.45) is -1.19. The fourth-order valence-electron chi connectivity index (χ4n) is 3.25. The van der Waals surface area contributed by atoms with Gasteiger partial charge in [0.05, 0.1) is 11.3 Å². The van der Waals surface area contributed by atoms with Crippen LogP contribution in [0.3, 0.4) is 0 Å². The summed E-state index contributed by atoms with van der Waals surface area (Å²) in [7, 11) is 0. The molecule has 3 atom stereocenters. The van der Waals surface area contributed by atoms with Crippen molar-refractivity contribution >= 4 is 5.69 Å². The van der Waals surface area contributed by atoms with Gasteiger partial charge in [-0.25, -0.2) is 0 Å². The first-order valence-electron chi connectivity index (χ1n) is 7.82. The molecule has 2 nitrogen and oxygen atoms in total. The zero-order chi connectivity index (χ0) is 16.5. The quantitative estimate of drug-likeness (QED) is 0.785. The Hall–Kier alpha value is -1.39. The van der Waals surface area contributed by atoms with Gasteiger partial charge < -0.3 is 10.5 Å². The summed E-state index contributed by atoms with van der Waals surface area (Å²) in [5, 5.41) is 0. The molecule has 0 aliphatic heterocycles. The van der Waals surface area contributed by atoms with Gasteiger partial charge in [0, 0.05) is 0 Å². The van der Waals surface area contributed by atoms with Crippen molar-refractivity contribution in [2.45, 2.75) is 52.3 Å². The number of benzene rings is 1. The lowest BCUT2D eigenvalue weighted by Gasteiger charge is -2.37. The van der Waals surface area contributed by atoms with E-state index in [4.69, 9.17) is 10.5 Å². The number of nitrogens with two attached hydrogens (primary N) is 1. The Balaban J connectivity index is 2.18. The molecule has 0 saturated heterocycles. The molecular formula is C17H24F3NO. The van der Waals surface area contributed by atoms with Crippen molar-refractivity contribution in [3.8, 4) is 5.75 Å². The number of hydrogen-bond donors (Lipinski definition) is 1. The molecule has 1 aliphatic carbocycles. The van der Waals surface area contributed by atoms with Crippen LogP contribution in [0.1, 0.15) is 45.6 Å². The molecule has 0 aromatic heterocycles. The van der Waals surface area contributed by atoms with Crippen LogP contribution in [0.5, 0.6) is 5.75 Å². The van der Waals surface area contributed by atoms with Gasteiger partial charge in [-0.05, 0) is 48.8 Å². The Labute approximate surface area is 129 Å². The van der Waals surface area contributed by atoms with Crippen LogP contribution in [0.15, 0.2) is 18.2 Å². The average Bonchev–Trinajstić information content (AvgIpc) is 2.39. The maximum atomic E-state index is 12.7. The first-order valence-corrected chi connectivity index (χ1v) is 7.82. The average molecular weight is 315 g/mol. The van der Waals surface area contributed by atoms with E-state index in [2.05, 4.69) is 20.8 Å². The third kappa shape index (κ3) is 3.87. The van der Waals surface area contributed by atoms with Gasteiger partial charge in [-0.3, -0.25) is 0 Å². The second kappa shape index (κ2) is 6.39. The van der Waals surface area contributed by atoms with Gasteiger partial charge in [-0.15, -0.1) is 0 Å². The molecule has 22 heavy (non-hydrogen) atoms. The molecule has 0 heterocycles. The second-order valence-electron chi connectivity index (χ2n) is 6.73. The number of halogens is 3. The molecule has 0 amide bonds. The SMILES string of the molecule is CC(C)[C@H]1CC[C@H](C)C[C@@H]1Oc1ccc(C(F)(F)F)cc1N. The molecule has 124 valence electrons. The lowest BCUT2D eigenvalue weighted by atomic mass is 9.75. The van der Waals surface area contributed by atoms with Crippen LogP contribution in [0.25, 0.3) is 0 Å². The van der Waals surface area contributed by atoms with Gasteiger partial charge in [0.15, 0.2) is 0 Å². The van der Waals surface area contributed by atoms with Gasteiger partial charge >= 0.3 is 6.18 Å². The molecule has 0 radical (unpaired) electrons. The summed E-state index contributed by atoms with van der Waals surface area (Å²) in [4.78, 5) is 0. The van der Waals surface area contributed by atoms with E-state index in [1.165, 1.54) is 12.5 Å². The van der Waals surface area contributed by atoms with E-state index in [0.29, 0.717) is 23.5 Å². The summed E-state index contributed by atoms with van der Waals surface area (Å²) < 4.78 is 44.0. The van der Waals surface area contributed by atoms with E-state index in [0.717, 1.165) is 25.0 Å². The van der Waals surface area contributed by atoms with E-state index < -0.39 is 11.7 Å². The predicted octanol–water partition coefficient (Wildman–Crippen LogP) is 5.13. The van der Waals surface area contributed by atoms with Gasteiger partial charge in [-0.2, -0.15) is 13.2 Å². The van der Waals surface area contributed by atoms with E-state index >= 15 is 0 Å². The Morgan fingerprint density at radius 1 is 1.23 bits per heavy atom. The molecule has 1 fully saturated rings. The van der Waals surface area contributed by atoms with Crippen molar-refractivity contribution in [2.75, 3.05) is 5.73 Å². The van der Waals surface area contributed by atoms with E-state index in [9.17, 15) is 13.2 Å². The zero-order valence-corrected chi connectivity index (χ0v) is 13.3. The third-order valence-electron chi connectivity index (χ3n) is 4.58. The normalized spacial score (nSPS) is 26.2. The molecular weight excluding hydrogens is 291 g/mol. The smallest absolute Gasteiger partial charge is 0.416 e. The minimum atomic E-state index is -4.38. The molecule has 1 aromatic carbocycles. The van der Waals surface area contributed by atoms with Gasteiger partial charge in [0.2, 0.25) is 0 Å². The van der Waals surface area contributed by atoms with Crippen LogP contribution in [0, 0.1) is 17.8 Å². The highest BCUT2D eigenvalue weighted by Gasteiger charge is 2.34. The van der Waals surface area contributed by atoms with E-state index in [-0.39, 0.29) is 11.8 Å². The summed E-state index contributed by atoms with van der Waals surface area (Å²) >= 11 is 0. The van der Waals surface area contributed by atoms with Crippen molar-refractivity contribution in [1.82, 2.24) is 0 Å².